The van der Waals surface area contributed by atoms with Crippen LogP contribution in [0, 0.1) is 0 Å². The Balaban J connectivity index is 0.00000225. The lowest BCUT2D eigenvalue weighted by Gasteiger charge is -2.20. The number of hydrogen-bond donors (Lipinski definition) is 1. The van der Waals surface area contributed by atoms with E-state index in [0.717, 1.165) is 30.3 Å². The number of rotatable bonds is 2. The monoisotopic (exact) mass is 374 g/mol. The van der Waals surface area contributed by atoms with Crippen molar-refractivity contribution in [1.82, 2.24) is 20.0 Å². The minimum absolute atomic E-state index is 0. The summed E-state index contributed by atoms with van der Waals surface area (Å²) in [4.78, 5) is 14.3. The van der Waals surface area contributed by atoms with Crippen molar-refractivity contribution in [2.45, 2.75) is 12.6 Å². The molecule has 0 radical (unpaired) electrons. The van der Waals surface area contributed by atoms with Gasteiger partial charge in [0.1, 0.15) is 0 Å². The van der Waals surface area contributed by atoms with Gasteiger partial charge in [-0.2, -0.15) is 18.3 Å². The summed E-state index contributed by atoms with van der Waals surface area (Å²) in [5.74, 6) is -0.122. The summed E-state index contributed by atoms with van der Waals surface area (Å²) in [7, 11) is 0. The first-order valence-corrected chi connectivity index (χ1v) is 7.68. The molecule has 9 heteroatoms. The summed E-state index contributed by atoms with van der Waals surface area (Å²) in [6.45, 7) is 2.88. The van der Waals surface area contributed by atoms with Crippen LogP contribution in [0.4, 0.5) is 13.2 Å². The van der Waals surface area contributed by atoms with E-state index in [1.165, 1.54) is 6.20 Å². The zero-order valence-electron chi connectivity index (χ0n) is 13.3. The van der Waals surface area contributed by atoms with E-state index in [4.69, 9.17) is 0 Å². The molecule has 0 saturated carbocycles. The van der Waals surface area contributed by atoms with Crippen LogP contribution in [0.2, 0.25) is 0 Å². The number of hydrogen-bond acceptors (Lipinski definition) is 3. The first-order valence-electron chi connectivity index (χ1n) is 7.68. The average Bonchev–Trinajstić information content (AvgIpc) is 2.91. The molecule has 1 aliphatic rings. The van der Waals surface area contributed by atoms with Crippen LogP contribution in [0.3, 0.4) is 0 Å². The van der Waals surface area contributed by atoms with Gasteiger partial charge in [-0.3, -0.25) is 4.79 Å². The number of aromatic nitrogens is 2. The zero-order chi connectivity index (χ0) is 17.2. The number of nitrogens with one attached hydrogen (secondary N) is 1. The van der Waals surface area contributed by atoms with Crippen LogP contribution in [0.5, 0.6) is 0 Å². The predicted octanol–water partition coefficient (Wildman–Crippen LogP) is 2.75. The van der Waals surface area contributed by atoms with Gasteiger partial charge in [0.25, 0.3) is 5.91 Å². The molecule has 136 valence electrons. The van der Waals surface area contributed by atoms with Gasteiger partial charge in [0.2, 0.25) is 0 Å². The van der Waals surface area contributed by atoms with E-state index in [0.29, 0.717) is 24.3 Å². The van der Waals surface area contributed by atoms with E-state index in [1.807, 2.05) is 0 Å². The molecule has 0 bridgehead atoms. The van der Waals surface area contributed by atoms with Crippen LogP contribution in [0.1, 0.15) is 22.5 Å². The Kier molecular flexibility index (Phi) is 6.07. The van der Waals surface area contributed by atoms with E-state index in [2.05, 4.69) is 10.4 Å². The molecule has 0 aliphatic carbocycles. The minimum Gasteiger partial charge on any atom is -0.337 e. The summed E-state index contributed by atoms with van der Waals surface area (Å²) in [6, 6.07) is 7.41. The Labute approximate surface area is 149 Å². The molecule has 2 heterocycles. The Morgan fingerprint density at radius 1 is 1.16 bits per heavy atom. The number of amides is 1. The molecule has 1 saturated heterocycles. The smallest absolute Gasteiger partial charge is 0.337 e. The molecule has 0 atom stereocenters. The van der Waals surface area contributed by atoms with Crippen molar-refractivity contribution >= 4 is 18.3 Å². The molecule has 3 rings (SSSR count). The number of halogens is 4. The van der Waals surface area contributed by atoms with Crippen LogP contribution in [-0.4, -0.2) is 46.8 Å². The van der Waals surface area contributed by atoms with Gasteiger partial charge in [-0.05, 0) is 37.2 Å². The highest BCUT2D eigenvalue weighted by Crippen LogP contribution is 2.28. The van der Waals surface area contributed by atoms with Gasteiger partial charge in [0.05, 0.1) is 5.69 Å². The Bertz CT molecular complexity index is 724. The third-order valence-corrected chi connectivity index (χ3v) is 3.86. The fourth-order valence-electron chi connectivity index (χ4n) is 2.63. The summed E-state index contributed by atoms with van der Waals surface area (Å²) >= 11 is 0. The lowest BCUT2D eigenvalue weighted by Crippen LogP contribution is -2.34. The van der Waals surface area contributed by atoms with Crippen LogP contribution < -0.4 is 5.32 Å². The first-order chi connectivity index (χ1) is 11.4. The maximum Gasteiger partial charge on any atom is 0.435 e. The highest BCUT2D eigenvalue weighted by atomic mass is 35.5. The maximum atomic E-state index is 12.7. The van der Waals surface area contributed by atoms with Crippen molar-refractivity contribution < 1.29 is 18.0 Å². The lowest BCUT2D eigenvalue weighted by molar-refractivity contribution is -0.141. The molecular weight excluding hydrogens is 357 g/mol. The van der Waals surface area contributed by atoms with Gasteiger partial charge < -0.3 is 10.2 Å². The van der Waals surface area contributed by atoms with Crippen LogP contribution >= 0.6 is 12.4 Å². The van der Waals surface area contributed by atoms with Crippen molar-refractivity contribution in [3.05, 3.63) is 47.8 Å². The average molecular weight is 375 g/mol. The second-order valence-electron chi connectivity index (χ2n) is 5.59. The summed E-state index contributed by atoms with van der Waals surface area (Å²) in [6.07, 6.45) is -2.38. The SMILES string of the molecule is Cl.O=C(c1cccc(-n2ccc(C(F)(F)F)n2)c1)N1CCCNCC1. The number of carbonyl (C=O) groups excluding carboxylic acids is 1. The van der Waals surface area contributed by atoms with Crippen LogP contribution in [0.15, 0.2) is 36.5 Å². The third kappa shape index (κ3) is 4.52. The zero-order valence-corrected chi connectivity index (χ0v) is 14.1. The van der Waals surface area contributed by atoms with Gasteiger partial charge in [-0.15, -0.1) is 12.4 Å². The van der Waals surface area contributed by atoms with Crippen molar-refractivity contribution in [1.29, 1.82) is 0 Å². The maximum absolute atomic E-state index is 12.7. The molecule has 0 unspecified atom stereocenters. The molecule has 1 aliphatic heterocycles. The van der Waals surface area contributed by atoms with E-state index >= 15 is 0 Å². The normalized spacial score (nSPS) is 15.4. The van der Waals surface area contributed by atoms with E-state index in [1.54, 1.807) is 29.2 Å². The Morgan fingerprint density at radius 2 is 1.96 bits per heavy atom. The van der Waals surface area contributed by atoms with Gasteiger partial charge in [0.15, 0.2) is 5.69 Å². The second kappa shape index (κ2) is 7.88. The van der Waals surface area contributed by atoms with Crippen molar-refractivity contribution in [3.8, 4) is 5.69 Å². The van der Waals surface area contributed by atoms with Gasteiger partial charge >= 0.3 is 6.18 Å². The quantitative estimate of drug-likeness (QED) is 0.879. The van der Waals surface area contributed by atoms with Crippen LogP contribution in [-0.2, 0) is 6.18 Å². The molecule has 1 N–H and O–H groups in total. The molecule has 25 heavy (non-hydrogen) atoms. The third-order valence-electron chi connectivity index (χ3n) is 3.86. The van der Waals surface area contributed by atoms with E-state index < -0.39 is 11.9 Å². The summed E-state index contributed by atoms with van der Waals surface area (Å²) in [5, 5.41) is 6.76. The Hall–Kier alpha value is -2.06. The Morgan fingerprint density at radius 3 is 2.68 bits per heavy atom. The number of nitrogens with zero attached hydrogens (tertiary/aromatic N) is 3. The van der Waals surface area contributed by atoms with Crippen molar-refractivity contribution in [3.63, 3.8) is 0 Å². The number of benzene rings is 1. The molecule has 1 aromatic carbocycles. The molecule has 1 fully saturated rings. The van der Waals surface area contributed by atoms with Crippen molar-refractivity contribution in [2.24, 2.45) is 0 Å². The molecule has 5 nitrogen and oxygen atoms in total. The lowest BCUT2D eigenvalue weighted by atomic mass is 10.1. The minimum atomic E-state index is -4.49. The van der Waals surface area contributed by atoms with Crippen LogP contribution in [0.25, 0.3) is 5.69 Å². The van der Waals surface area contributed by atoms with Crippen molar-refractivity contribution in [2.75, 3.05) is 26.2 Å². The first kappa shape index (κ1) is 19.3. The second-order valence-corrected chi connectivity index (χ2v) is 5.59. The van der Waals surface area contributed by atoms with E-state index in [9.17, 15) is 18.0 Å². The molecule has 0 spiro atoms. The number of alkyl halides is 3. The summed E-state index contributed by atoms with van der Waals surface area (Å²) < 4.78 is 39.1. The summed E-state index contributed by atoms with van der Waals surface area (Å²) in [5.41, 5.74) is -0.0967. The molecule has 2 aromatic rings. The fourth-order valence-corrected chi connectivity index (χ4v) is 2.63. The van der Waals surface area contributed by atoms with Gasteiger partial charge in [-0.1, -0.05) is 6.07 Å². The predicted molar refractivity (Wildman–Crippen MR) is 89.2 cm³/mol. The van der Waals surface area contributed by atoms with Gasteiger partial charge in [0, 0.05) is 31.4 Å². The highest BCUT2D eigenvalue weighted by molar-refractivity contribution is 5.94. The highest BCUT2D eigenvalue weighted by Gasteiger charge is 2.33. The standard InChI is InChI=1S/C16H17F3N4O.ClH/c17-16(18,19)14-5-9-23(21-14)13-4-1-3-12(11-13)15(24)22-8-2-6-20-7-10-22;/h1,3-5,9,11,20H,2,6-8,10H2;1H. The van der Waals surface area contributed by atoms with E-state index in [-0.39, 0.29) is 18.3 Å². The molecule has 1 amide bonds. The molecular formula is C16H18ClF3N4O. The molecule has 1 aromatic heterocycles. The topological polar surface area (TPSA) is 50.2 Å². The fraction of sp³-hybridized carbons (Fsp3) is 0.375. The largest absolute Gasteiger partial charge is 0.435 e. The number of carbonyl (C=O) groups is 1. The van der Waals surface area contributed by atoms with Gasteiger partial charge in [-0.25, -0.2) is 4.68 Å².